The molecule has 0 unspecified atom stereocenters. The number of benzene rings is 1. The molecular formula is C8H7ClO3. The van der Waals surface area contributed by atoms with E-state index in [1.165, 1.54) is 6.07 Å². The normalized spacial score (nSPS) is 9.83. The lowest BCUT2D eigenvalue weighted by Crippen LogP contribution is -1.97. The van der Waals surface area contributed by atoms with Crippen LogP contribution >= 0.6 is 11.6 Å². The Morgan fingerprint density at radius 3 is 2.58 bits per heavy atom. The Morgan fingerprint density at radius 1 is 1.50 bits per heavy atom. The summed E-state index contributed by atoms with van der Waals surface area (Å²) in [6.07, 6.45) is 0. The van der Waals surface area contributed by atoms with Crippen LogP contribution < -0.4 is 0 Å². The molecule has 2 N–H and O–H groups in total. The summed E-state index contributed by atoms with van der Waals surface area (Å²) in [7, 11) is 0. The number of carboxylic acid groups (broad SMARTS) is 1. The first-order chi connectivity index (χ1) is 5.54. The van der Waals surface area contributed by atoms with Gasteiger partial charge in [-0.25, -0.2) is 4.79 Å². The van der Waals surface area contributed by atoms with Gasteiger partial charge in [0.15, 0.2) is 0 Å². The van der Waals surface area contributed by atoms with E-state index in [0.717, 1.165) is 0 Å². The zero-order chi connectivity index (χ0) is 9.30. The van der Waals surface area contributed by atoms with Gasteiger partial charge < -0.3 is 10.2 Å². The standard InChI is InChI=1S/C8H7ClO3/c1-4-2-3-5(8(11)12)7(10)6(4)9/h2-3,10H,1H3,(H,11,12). The summed E-state index contributed by atoms with van der Waals surface area (Å²) in [6.45, 7) is 1.69. The van der Waals surface area contributed by atoms with Crippen LogP contribution in [-0.4, -0.2) is 16.2 Å². The molecule has 12 heavy (non-hydrogen) atoms. The highest BCUT2D eigenvalue weighted by Crippen LogP contribution is 2.30. The fraction of sp³-hybridized carbons (Fsp3) is 0.125. The van der Waals surface area contributed by atoms with E-state index in [-0.39, 0.29) is 16.3 Å². The summed E-state index contributed by atoms with van der Waals surface area (Å²) in [4.78, 5) is 10.5. The smallest absolute Gasteiger partial charge is 0.339 e. The molecule has 3 nitrogen and oxygen atoms in total. The van der Waals surface area contributed by atoms with Crippen molar-refractivity contribution in [3.63, 3.8) is 0 Å². The minimum absolute atomic E-state index is 0.0925. The van der Waals surface area contributed by atoms with Crippen molar-refractivity contribution in [3.8, 4) is 5.75 Å². The summed E-state index contributed by atoms with van der Waals surface area (Å²) < 4.78 is 0. The van der Waals surface area contributed by atoms with E-state index in [2.05, 4.69) is 0 Å². The van der Waals surface area contributed by atoms with Gasteiger partial charge in [0.1, 0.15) is 11.3 Å². The van der Waals surface area contributed by atoms with E-state index < -0.39 is 5.97 Å². The van der Waals surface area contributed by atoms with Crippen molar-refractivity contribution < 1.29 is 15.0 Å². The average Bonchev–Trinajstić information content (AvgIpc) is 2.00. The molecule has 0 atom stereocenters. The molecule has 1 rings (SSSR count). The number of aryl methyl sites for hydroxylation is 1. The summed E-state index contributed by atoms with van der Waals surface area (Å²) in [5.41, 5.74) is 0.477. The Bertz CT molecular complexity index is 333. The second-order valence-electron chi connectivity index (χ2n) is 2.40. The highest BCUT2D eigenvalue weighted by molar-refractivity contribution is 6.33. The summed E-state index contributed by atoms with van der Waals surface area (Å²) >= 11 is 5.61. The molecule has 4 heteroatoms. The van der Waals surface area contributed by atoms with Gasteiger partial charge in [0, 0.05) is 0 Å². The predicted octanol–water partition coefficient (Wildman–Crippen LogP) is 2.05. The van der Waals surface area contributed by atoms with Gasteiger partial charge in [-0.1, -0.05) is 17.7 Å². The molecule has 0 amide bonds. The molecule has 0 heterocycles. The summed E-state index contributed by atoms with van der Waals surface area (Å²) in [6, 6.07) is 2.87. The van der Waals surface area contributed by atoms with Gasteiger partial charge in [0.25, 0.3) is 0 Å². The Morgan fingerprint density at radius 2 is 2.08 bits per heavy atom. The lowest BCUT2D eigenvalue weighted by atomic mass is 10.1. The van der Waals surface area contributed by atoms with Crippen LogP contribution in [0.2, 0.25) is 5.02 Å². The van der Waals surface area contributed by atoms with Crippen molar-refractivity contribution in [2.75, 3.05) is 0 Å². The van der Waals surface area contributed by atoms with Crippen molar-refractivity contribution in [2.45, 2.75) is 6.92 Å². The zero-order valence-electron chi connectivity index (χ0n) is 6.34. The Hall–Kier alpha value is -1.22. The largest absolute Gasteiger partial charge is 0.505 e. The zero-order valence-corrected chi connectivity index (χ0v) is 7.09. The monoisotopic (exact) mass is 186 g/mol. The lowest BCUT2D eigenvalue weighted by Gasteiger charge is -2.03. The molecule has 0 aliphatic heterocycles. The molecule has 0 saturated heterocycles. The third kappa shape index (κ3) is 1.36. The van der Waals surface area contributed by atoms with E-state index in [4.69, 9.17) is 16.7 Å². The maximum atomic E-state index is 10.5. The second kappa shape index (κ2) is 3.03. The van der Waals surface area contributed by atoms with Crippen molar-refractivity contribution in [3.05, 3.63) is 28.3 Å². The van der Waals surface area contributed by atoms with Crippen molar-refractivity contribution in [2.24, 2.45) is 0 Å². The topological polar surface area (TPSA) is 57.5 Å². The van der Waals surface area contributed by atoms with Crippen molar-refractivity contribution in [1.29, 1.82) is 0 Å². The fourth-order valence-electron chi connectivity index (χ4n) is 0.838. The number of carbonyl (C=O) groups is 1. The number of halogens is 1. The molecule has 0 aromatic heterocycles. The molecule has 0 radical (unpaired) electrons. The van der Waals surface area contributed by atoms with Gasteiger partial charge in [-0.05, 0) is 18.6 Å². The van der Waals surface area contributed by atoms with Gasteiger partial charge in [-0.3, -0.25) is 0 Å². The first kappa shape index (κ1) is 8.87. The van der Waals surface area contributed by atoms with Crippen LogP contribution in [0.25, 0.3) is 0 Å². The van der Waals surface area contributed by atoms with Crippen LogP contribution in [0, 0.1) is 6.92 Å². The molecule has 1 aromatic carbocycles. The van der Waals surface area contributed by atoms with Crippen LogP contribution in [0.15, 0.2) is 12.1 Å². The van der Waals surface area contributed by atoms with Gasteiger partial charge in [-0.2, -0.15) is 0 Å². The maximum absolute atomic E-state index is 10.5. The summed E-state index contributed by atoms with van der Waals surface area (Å²) in [5.74, 6) is -1.56. The van der Waals surface area contributed by atoms with Crippen LogP contribution in [0.4, 0.5) is 0 Å². The Kier molecular flexibility index (Phi) is 2.24. The van der Waals surface area contributed by atoms with Gasteiger partial charge in [0.2, 0.25) is 0 Å². The molecule has 64 valence electrons. The van der Waals surface area contributed by atoms with Gasteiger partial charge in [-0.15, -0.1) is 0 Å². The van der Waals surface area contributed by atoms with E-state index in [1.807, 2.05) is 0 Å². The third-order valence-corrected chi connectivity index (χ3v) is 2.02. The lowest BCUT2D eigenvalue weighted by molar-refractivity contribution is 0.0694. The molecule has 0 aliphatic carbocycles. The first-order valence-electron chi connectivity index (χ1n) is 3.25. The minimum atomic E-state index is -1.19. The SMILES string of the molecule is Cc1ccc(C(=O)O)c(O)c1Cl. The van der Waals surface area contributed by atoms with E-state index in [1.54, 1.807) is 13.0 Å². The quantitative estimate of drug-likeness (QED) is 0.706. The van der Waals surface area contributed by atoms with Crippen LogP contribution in [0.5, 0.6) is 5.75 Å². The van der Waals surface area contributed by atoms with Gasteiger partial charge in [0.05, 0.1) is 5.02 Å². The van der Waals surface area contributed by atoms with Gasteiger partial charge >= 0.3 is 5.97 Å². The first-order valence-corrected chi connectivity index (χ1v) is 3.63. The van der Waals surface area contributed by atoms with Crippen molar-refractivity contribution in [1.82, 2.24) is 0 Å². The maximum Gasteiger partial charge on any atom is 0.339 e. The molecule has 0 spiro atoms. The third-order valence-electron chi connectivity index (χ3n) is 1.54. The fourth-order valence-corrected chi connectivity index (χ4v) is 1.00. The average molecular weight is 187 g/mol. The molecule has 1 aromatic rings. The number of aromatic carboxylic acids is 1. The predicted molar refractivity (Wildman–Crippen MR) is 44.8 cm³/mol. The number of hydrogen-bond donors (Lipinski definition) is 2. The minimum Gasteiger partial charge on any atom is -0.505 e. The molecule has 0 bridgehead atoms. The highest BCUT2D eigenvalue weighted by Gasteiger charge is 2.13. The number of phenols is 1. The van der Waals surface area contributed by atoms with E-state index >= 15 is 0 Å². The van der Waals surface area contributed by atoms with E-state index in [0.29, 0.717) is 5.56 Å². The molecule has 0 fully saturated rings. The summed E-state index contributed by atoms with van der Waals surface area (Å²) in [5, 5.41) is 17.9. The van der Waals surface area contributed by atoms with Crippen LogP contribution in [0.3, 0.4) is 0 Å². The number of carboxylic acids is 1. The van der Waals surface area contributed by atoms with Crippen LogP contribution in [0.1, 0.15) is 15.9 Å². The van der Waals surface area contributed by atoms with E-state index in [9.17, 15) is 9.90 Å². The van der Waals surface area contributed by atoms with Crippen molar-refractivity contribution >= 4 is 17.6 Å². The highest BCUT2D eigenvalue weighted by atomic mass is 35.5. The molecule has 0 aliphatic rings. The number of hydrogen-bond acceptors (Lipinski definition) is 2. The molecular weight excluding hydrogens is 180 g/mol. The number of aromatic hydroxyl groups is 1. The Labute approximate surface area is 74.2 Å². The second-order valence-corrected chi connectivity index (χ2v) is 2.78. The van der Waals surface area contributed by atoms with Crippen LogP contribution in [-0.2, 0) is 0 Å². The Balaban J connectivity index is 3.36. The molecule has 0 saturated carbocycles. The number of rotatable bonds is 1.